The highest BCUT2D eigenvalue weighted by molar-refractivity contribution is 7.90. The first-order valence-electron chi connectivity index (χ1n) is 12.6. The Bertz CT molecular complexity index is 1210. The van der Waals surface area contributed by atoms with Gasteiger partial charge in [0.25, 0.3) is 15.9 Å². The van der Waals surface area contributed by atoms with Gasteiger partial charge in [0.2, 0.25) is 11.8 Å². The van der Waals surface area contributed by atoms with Crippen molar-refractivity contribution in [3.05, 3.63) is 65.7 Å². The zero-order chi connectivity index (χ0) is 25.7. The normalized spacial score (nSPS) is 17.9. The van der Waals surface area contributed by atoms with E-state index in [4.69, 9.17) is 0 Å². The van der Waals surface area contributed by atoms with Gasteiger partial charge in [-0.2, -0.15) is 0 Å². The van der Waals surface area contributed by atoms with Crippen LogP contribution in [0.2, 0.25) is 0 Å². The summed E-state index contributed by atoms with van der Waals surface area (Å²) in [5.41, 5.74) is 1.05. The number of sulfonamides is 1. The summed E-state index contributed by atoms with van der Waals surface area (Å²) in [7, 11) is -4.13. The van der Waals surface area contributed by atoms with Crippen molar-refractivity contribution in [2.24, 2.45) is 0 Å². The zero-order valence-corrected chi connectivity index (χ0v) is 21.4. The molecule has 1 aliphatic carbocycles. The lowest BCUT2D eigenvalue weighted by Crippen LogP contribution is -2.54. The lowest BCUT2D eigenvalue weighted by molar-refractivity contribution is -0.141. The van der Waals surface area contributed by atoms with Gasteiger partial charge in [0.1, 0.15) is 17.5 Å². The van der Waals surface area contributed by atoms with Crippen LogP contribution in [-0.2, 0) is 26.0 Å². The van der Waals surface area contributed by atoms with E-state index >= 15 is 0 Å². The number of benzene rings is 2. The van der Waals surface area contributed by atoms with Gasteiger partial charge in [-0.25, -0.2) is 12.7 Å². The van der Waals surface area contributed by atoms with Crippen molar-refractivity contribution >= 4 is 27.7 Å². The van der Waals surface area contributed by atoms with Gasteiger partial charge >= 0.3 is 0 Å². The fraction of sp³-hybridized carbons (Fsp3) is 0.444. The van der Waals surface area contributed by atoms with E-state index in [1.807, 2.05) is 37.3 Å². The molecule has 2 aliphatic rings. The van der Waals surface area contributed by atoms with E-state index in [1.165, 1.54) is 17.0 Å². The second-order valence-electron chi connectivity index (χ2n) is 9.40. The Labute approximate surface area is 212 Å². The maximum absolute atomic E-state index is 13.6. The highest BCUT2D eigenvalue weighted by Gasteiger charge is 2.43. The van der Waals surface area contributed by atoms with E-state index in [1.54, 1.807) is 12.1 Å². The van der Waals surface area contributed by atoms with E-state index in [-0.39, 0.29) is 29.0 Å². The lowest BCUT2D eigenvalue weighted by atomic mass is 9.95. The fourth-order valence-corrected chi connectivity index (χ4v) is 6.56. The summed E-state index contributed by atoms with van der Waals surface area (Å²) in [5, 5.41) is 3.10. The van der Waals surface area contributed by atoms with Crippen LogP contribution in [0, 0.1) is 0 Å². The second-order valence-corrected chi connectivity index (χ2v) is 11.2. The molecule has 0 spiro atoms. The highest BCUT2D eigenvalue weighted by atomic mass is 32.2. The molecule has 0 aromatic heterocycles. The molecule has 0 unspecified atom stereocenters. The number of carbonyl (C=O) groups excluding carboxylic acids is 3. The monoisotopic (exact) mass is 511 g/mol. The molecule has 8 nitrogen and oxygen atoms in total. The van der Waals surface area contributed by atoms with E-state index in [9.17, 15) is 22.8 Å². The van der Waals surface area contributed by atoms with Crippen molar-refractivity contribution in [1.82, 2.24) is 14.5 Å². The standard InChI is InChI=1S/C27H33N3O5S/c1-2-23(26(32)28-21-13-7-4-8-14-21)29(18-17-20-11-5-3-6-12-20)25(31)19-30-27(33)22-15-9-10-16-24(22)36(30,34)35/h3,5-6,9-12,15-16,21,23H,2,4,7-8,13-14,17-19H2,1H3,(H,28,32)/t23-/m1/s1. The molecular formula is C27H33N3O5S. The van der Waals surface area contributed by atoms with Gasteiger partial charge in [-0.1, -0.05) is 68.7 Å². The minimum absolute atomic E-state index is 0.0585. The van der Waals surface area contributed by atoms with Crippen LogP contribution in [0.3, 0.4) is 0 Å². The van der Waals surface area contributed by atoms with Crippen LogP contribution in [-0.4, -0.2) is 60.5 Å². The molecule has 1 atom stereocenters. The molecule has 1 N–H and O–H groups in total. The quantitative estimate of drug-likeness (QED) is 0.557. The SMILES string of the molecule is CC[C@H](C(=O)NC1CCCCC1)N(CCc1ccccc1)C(=O)CN1C(=O)c2ccccc2S1(=O)=O. The first-order valence-corrected chi connectivity index (χ1v) is 14.1. The zero-order valence-electron chi connectivity index (χ0n) is 20.6. The number of carbonyl (C=O) groups is 3. The minimum Gasteiger partial charge on any atom is -0.352 e. The Morgan fingerprint density at radius 2 is 1.69 bits per heavy atom. The van der Waals surface area contributed by atoms with Crippen LogP contribution in [0.4, 0.5) is 0 Å². The molecule has 1 heterocycles. The Morgan fingerprint density at radius 3 is 2.36 bits per heavy atom. The number of nitrogens with zero attached hydrogens (tertiary/aromatic N) is 2. The summed E-state index contributed by atoms with van der Waals surface area (Å²) in [4.78, 5) is 41.1. The molecule has 0 bridgehead atoms. The van der Waals surface area contributed by atoms with Crippen LogP contribution < -0.4 is 5.32 Å². The predicted molar refractivity (Wildman–Crippen MR) is 136 cm³/mol. The Hall–Kier alpha value is -3.20. The number of rotatable bonds is 9. The number of nitrogens with one attached hydrogen (secondary N) is 1. The van der Waals surface area contributed by atoms with Crippen LogP contribution in [0.5, 0.6) is 0 Å². The summed E-state index contributed by atoms with van der Waals surface area (Å²) in [5.74, 6) is -1.52. The van der Waals surface area contributed by atoms with Crippen molar-refractivity contribution in [3.63, 3.8) is 0 Å². The van der Waals surface area contributed by atoms with Crippen molar-refractivity contribution in [3.8, 4) is 0 Å². The Kier molecular flexibility index (Phi) is 8.08. The molecule has 9 heteroatoms. The number of hydrogen-bond acceptors (Lipinski definition) is 5. The fourth-order valence-electron chi connectivity index (χ4n) is 5.04. The first-order chi connectivity index (χ1) is 17.3. The largest absolute Gasteiger partial charge is 0.352 e. The van der Waals surface area contributed by atoms with Gasteiger partial charge in [-0.05, 0) is 43.4 Å². The summed E-state index contributed by atoms with van der Waals surface area (Å²) < 4.78 is 26.7. The molecule has 1 fully saturated rings. The molecule has 1 aliphatic heterocycles. The third kappa shape index (κ3) is 5.46. The van der Waals surface area contributed by atoms with Crippen molar-refractivity contribution in [1.29, 1.82) is 0 Å². The molecule has 3 amide bonds. The third-order valence-electron chi connectivity index (χ3n) is 7.01. The van der Waals surface area contributed by atoms with Gasteiger partial charge in [0.05, 0.1) is 5.56 Å². The third-order valence-corrected chi connectivity index (χ3v) is 8.80. The number of amides is 3. The Balaban J connectivity index is 1.55. The Morgan fingerprint density at radius 1 is 1.03 bits per heavy atom. The van der Waals surface area contributed by atoms with Crippen LogP contribution in [0.25, 0.3) is 0 Å². The molecule has 0 saturated heterocycles. The van der Waals surface area contributed by atoms with Crippen molar-refractivity contribution in [2.45, 2.75) is 68.8 Å². The van der Waals surface area contributed by atoms with E-state index in [2.05, 4.69) is 5.32 Å². The van der Waals surface area contributed by atoms with E-state index < -0.39 is 34.4 Å². The molecular weight excluding hydrogens is 478 g/mol. The van der Waals surface area contributed by atoms with Crippen LogP contribution in [0.1, 0.15) is 61.4 Å². The first kappa shape index (κ1) is 25.9. The van der Waals surface area contributed by atoms with Crippen molar-refractivity contribution < 1.29 is 22.8 Å². The van der Waals surface area contributed by atoms with Crippen molar-refractivity contribution in [2.75, 3.05) is 13.1 Å². The second kappa shape index (κ2) is 11.2. The van der Waals surface area contributed by atoms with Crippen LogP contribution in [0.15, 0.2) is 59.5 Å². The summed E-state index contributed by atoms with van der Waals surface area (Å²) >= 11 is 0. The van der Waals surface area contributed by atoms with Gasteiger partial charge in [-0.15, -0.1) is 0 Å². The highest BCUT2D eigenvalue weighted by Crippen LogP contribution is 2.30. The average Bonchev–Trinajstić information content (AvgIpc) is 3.08. The maximum Gasteiger partial charge on any atom is 0.269 e. The molecule has 36 heavy (non-hydrogen) atoms. The average molecular weight is 512 g/mol. The predicted octanol–water partition coefficient (Wildman–Crippen LogP) is 3.13. The van der Waals surface area contributed by atoms with Crippen LogP contribution >= 0.6 is 0 Å². The van der Waals surface area contributed by atoms with Gasteiger partial charge in [-0.3, -0.25) is 14.4 Å². The molecule has 2 aromatic rings. The maximum atomic E-state index is 13.6. The smallest absolute Gasteiger partial charge is 0.269 e. The molecule has 2 aromatic carbocycles. The molecule has 1 saturated carbocycles. The topological polar surface area (TPSA) is 104 Å². The summed E-state index contributed by atoms with van der Waals surface area (Å²) in [6.07, 6.45) is 5.99. The molecule has 192 valence electrons. The summed E-state index contributed by atoms with van der Waals surface area (Å²) in [6, 6.07) is 14.9. The number of hydrogen-bond donors (Lipinski definition) is 1. The summed E-state index contributed by atoms with van der Waals surface area (Å²) in [6.45, 7) is 1.42. The lowest BCUT2D eigenvalue weighted by Gasteiger charge is -2.33. The molecule has 0 radical (unpaired) electrons. The minimum atomic E-state index is -4.13. The van der Waals surface area contributed by atoms with E-state index in [0.717, 1.165) is 37.7 Å². The number of fused-ring (bicyclic) bond motifs is 1. The van der Waals surface area contributed by atoms with Gasteiger partial charge in [0, 0.05) is 12.6 Å². The molecule has 4 rings (SSSR count). The van der Waals surface area contributed by atoms with Gasteiger partial charge < -0.3 is 10.2 Å². The van der Waals surface area contributed by atoms with E-state index in [0.29, 0.717) is 17.1 Å². The van der Waals surface area contributed by atoms with Gasteiger partial charge in [0.15, 0.2) is 0 Å².